The fourth-order valence-corrected chi connectivity index (χ4v) is 8.27. The van der Waals surface area contributed by atoms with Crippen molar-refractivity contribution in [3.8, 4) is 0 Å². The quantitative estimate of drug-likeness (QED) is 0.134. The lowest BCUT2D eigenvalue weighted by molar-refractivity contribution is -0.756. The Bertz CT molecular complexity index is 964. The number of nitrogens with one attached hydrogen (secondary N) is 1. The van der Waals surface area contributed by atoms with Gasteiger partial charge in [-0.25, -0.2) is 4.79 Å². The lowest BCUT2D eigenvalue weighted by atomic mass is 10.0. The molecule has 210 valence electrons. The van der Waals surface area contributed by atoms with Crippen LogP contribution in [0.15, 0.2) is 30.3 Å². The molecule has 2 heterocycles. The van der Waals surface area contributed by atoms with E-state index >= 15 is 0 Å². The van der Waals surface area contributed by atoms with Gasteiger partial charge in [-0.3, -0.25) is 14.9 Å². The van der Waals surface area contributed by atoms with Crippen molar-refractivity contribution in [3.05, 3.63) is 46.0 Å². The third-order valence-electron chi connectivity index (χ3n) is 6.24. The molecule has 3 atom stereocenters. The summed E-state index contributed by atoms with van der Waals surface area (Å²) in [5, 5.41) is 22.2. The highest BCUT2D eigenvalue weighted by Crippen LogP contribution is 2.51. The number of carboxylic acids is 1. The summed E-state index contributed by atoms with van der Waals surface area (Å²) in [6, 6.07) is 7.20. The van der Waals surface area contributed by atoms with Crippen LogP contribution in [0.25, 0.3) is 0 Å². The summed E-state index contributed by atoms with van der Waals surface area (Å²) in [7, 11) is 0. The number of aliphatic carboxylic acids is 1. The Morgan fingerprint density at radius 2 is 1.92 bits per heavy atom. The van der Waals surface area contributed by atoms with Gasteiger partial charge >= 0.3 is 11.9 Å². The molecule has 0 aliphatic carbocycles. The fourth-order valence-electron chi connectivity index (χ4n) is 4.42. The average Bonchev–Trinajstić information content (AvgIpc) is 3.52. The topological polar surface area (TPSA) is 148 Å². The maximum absolute atomic E-state index is 13.4. The van der Waals surface area contributed by atoms with Crippen LogP contribution in [0.2, 0.25) is 0 Å². The van der Waals surface area contributed by atoms with Crippen molar-refractivity contribution < 1.29 is 34.2 Å². The van der Waals surface area contributed by atoms with E-state index in [9.17, 15) is 29.6 Å². The highest BCUT2D eigenvalue weighted by molar-refractivity contribution is 8.21. The zero-order chi connectivity index (χ0) is 27.5. The Morgan fingerprint density at radius 3 is 2.58 bits per heavy atom. The number of hydrogen-bond donors (Lipinski definition) is 2. The molecule has 0 radical (unpaired) electrons. The van der Waals surface area contributed by atoms with Gasteiger partial charge in [0.15, 0.2) is 0 Å². The van der Waals surface area contributed by atoms with Gasteiger partial charge in [0.1, 0.15) is 25.3 Å². The van der Waals surface area contributed by atoms with Gasteiger partial charge in [-0.1, -0.05) is 30.3 Å². The van der Waals surface area contributed by atoms with E-state index in [1.54, 1.807) is 30.4 Å². The Balaban J connectivity index is 1.58. The molecule has 2 aliphatic rings. The number of ether oxygens (including phenoxy) is 1. The van der Waals surface area contributed by atoms with Gasteiger partial charge in [0.2, 0.25) is 5.91 Å². The van der Waals surface area contributed by atoms with Crippen LogP contribution in [0, 0.1) is 10.1 Å². The van der Waals surface area contributed by atoms with E-state index in [2.05, 4.69) is 10.2 Å². The number of rotatable bonds is 15. The first-order valence-electron chi connectivity index (χ1n) is 12.3. The number of carboxylic acid groups (broad SMARTS) is 1. The van der Waals surface area contributed by atoms with Crippen molar-refractivity contribution in [1.82, 2.24) is 10.2 Å². The lowest BCUT2D eigenvalue weighted by Gasteiger charge is -2.28. The van der Waals surface area contributed by atoms with Crippen molar-refractivity contribution in [2.24, 2.45) is 0 Å². The molecule has 11 nitrogen and oxygen atoms in total. The number of carbonyl (C=O) groups is 3. The summed E-state index contributed by atoms with van der Waals surface area (Å²) in [6.07, 6.45) is 1.38. The Morgan fingerprint density at radius 1 is 1.24 bits per heavy atom. The van der Waals surface area contributed by atoms with Crippen LogP contribution in [0.1, 0.15) is 25.3 Å². The van der Waals surface area contributed by atoms with Crippen molar-refractivity contribution in [2.45, 2.75) is 48.4 Å². The number of aryl methyl sites for hydroxylation is 1. The molecule has 2 aliphatic heterocycles. The summed E-state index contributed by atoms with van der Waals surface area (Å²) < 4.78 is 5.15. The predicted octanol–water partition coefficient (Wildman–Crippen LogP) is 2.31. The van der Waals surface area contributed by atoms with Crippen molar-refractivity contribution in [3.63, 3.8) is 0 Å². The minimum atomic E-state index is -1.02. The molecule has 3 unspecified atom stereocenters. The second-order valence-electron chi connectivity index (χ2n) is 8.93. The number of amides is 1. The molecule has 38 heavy (non-hydrogen) atoms. The first-order chi connectivity index (χ1) is 18.2. The summed E-state index contributed by atoms with van der Waals surface area (Å²) >= 11 is 4.79. The van der Waals surface area contributed by atoms with Gasteiger partial charge in [0.25, 0.3) is 5.09 Å². The third kappa shape index (κ3) is 8.95. The number of hydrogen-bond acceptors (Lipinski definition) is 11. The van der Waals surface area contributed by atoms with Crippen LogP contribution in [0.3, 0.4) is 0 Å². The standard InChI is InChI=1S/C24H33N3O8S3/c1-17(21(28)26-16-24(37-13-14-38-24)15-20(26)22(29)30)25-19(8-7-18-5-3-2-4-6-18)23(31)34-9-11-36-12-10-35-27(32)33/h2-6,17,19-20,25H,7-16H2,1H3,(H,29,30). The second kappa shape index (κ2) is 14.8. The predicted molar refractivity (Wildman–Crippen MR) is 148 cm³/mol. The molecule has 2 saturated heterocycles. The minimum absolute atomic E-state index is 0.0430. The van der Waals surface area contributed by atoms with E-state index in [1.165, 1.54) is 16.7 Å². The summed E-state index contributed by atoms with van der Waals surface area (Å²) in [4.78, 5) is 54.2. The van der Waals surface area contributed by atoms with E-state index in [-0.39, 0.29) is 23.2 Å². The van der Waals surface area contributed by atoms with E-state index < -0.39 is 35.2 Å². The number of benzene rings is 1. The van der Waals surface area contributed by atoms with Crippen molar-refractivity contribution in [1.29, 1.82) is 0 Å². The van der Waals surface area contributed by atoms with Gasteiger partial charge in [-0.05, 0) is 25.3 Å². The van der Waals surface area contributed by atoms with Gasteiger partial charge in [-0.2, -0.15) is 11.8 Å². The van der Waals surface area contributed by atoms with E-state index in [0.29, 0.717) is 37.3 Å². The third-order valence-corrected chi connectivity index (χ3v) is 10.6. The van der Waals surface area contributed by atoms with Crippen LogP contribution < -0.4 is 5.32 Å². The van der Waals surface area contributed by atoms with Gasteiger partial charge in [0, 0.05) is 36.0 Å². The molecule has 1 aromatic carbocycles. The minimum Gasteiger partial charge on any atom is -0.480 e. The molecular formula is C24H33N3O8S3. The molecule has 0 aromatic heterocycles. The molecule has 3 rings (SSSR count). The molecule has 1 aromatic rings. The molecule has 2 N–H and O–H groups in total. The second-order valence-corrected chi connectivity index (χ2v) is 13.4. The summed E-state index contributed by atoms with van der Waals surface area (Å²) in [5.41, 5.74) is 1.04. The van der Waals surface area contributed by atoms with Crippen LogP contribution >= 0.6 is 35.3 Å². The number of likely N-dealkylation sites (tertiary alicyclic amines) is 1. The highest BCUT2D eigenvalue weighted by atomic mass is 32.2. The molecule has 0 saturated carbocycles. The van der Waals surface area contributed by atoms with E-state index in [4.69, 9.17) is 4.74 Å². The summed E-state index contributed by atoms with van der Waals surface area (Å²) in [6.45, 7) is 2.08. The largest absolute Gasteiger partial charge is 0.480 e. The number of esters is 1. The summed E-state index contributed by atoms with van der Waals surface area (Å²) in [5.74, 6) is 0.828. The molecule has 2 fully saturated rings. The fraction of sp³-hybridized carbons (Fsp3) is 0.625. The lowest BCUT2D eigenvalue weighted by Crippen LogP contribution is -2.53. The maximum Gasteiger partial charge on any atom is 0.326 e. The molecule has 14 heteroatoms. The normalized spacial score (nSPS) is 19.7. The van der Waals surface area contributed by atoms with E-state index in [0.717, 1.165) is 17.1 Å². The highest BCUT2D eigenvalue weighted by Gasteiger charge is 2.52. The smallest absolute Gasteiger partial charge is 0.326 e. The molecule has 1 spiro atoms. The Labute approximate surface area is 234 Å². The van der Waals surface area contributed by atoms with Crippen LogP contribution in [-0.2, 0) is 30.4 Å². The van der Waals surface area contributed by atoms with Crippen molar-refractivity contribution in [2.75, 3.05) is 42.8 Å². The monoisotopic (exact) mass is 587 g/mol. The van der Waals surface area contributed by atoms with Gasteiger partial charge < -0.3 is 19.6 Å². The molecule has 1 amide bonds. The average molecular weight is 588 g/mol. The molecule has 0 bridgehead atoms. The first-order valence-corrected chi connectivity index (χ1v) is 15.5. The zero-order valence-corrected chi connectivity index (χ0v) is 23.6. The number of thioether (sulfide) groups is 3. The van der Waals surface area contributed by atoms with Crippen LogP contribution in [-0.4, -0.2) is 97.9 Å². The van der Waals surface area contributed by atoms with Gasteiger partial charge in [-0.15, -0.1) is 33.6 Å². The Kier molecular flexibility index (Phi) is 11.9. The zero-order valence-electron chi connectivity index (χ0n) is 21.1. The van der Waals surface area contributed by atoms with Crippen LogP contribution in [0.5, 0.6) is 0 Å². The first kappa shape index (κ1) is 30.4. The number of nitrogens with zero attached hydrogens (tertiary/aromatic N) is 2. The van der Waals surface area contributed by atoms with Crippen LogP contribution in [0.4, 0.5) is 0 Å². The van der Waals surface area contributed by atoms with Gasteiger partial charge in [0.05, 0.1) is 10.1 Å². The Hall–Kier alpha value is -2.16. The maximum atomic E-state index is 13.4. The van der Waals surface area contributed by atoms with E-state index in [1.807, 2.05) is 30.3 Å². The SMILES string of the molecule is CC(NC(CCc1ccccc1)C(=O)OCCSCCO[N+](=O)[O-])C(=O)N1CC2(CC1C(=O)O)SCCS2. The van der Waals surface area contributed by atoms with Crippen molar-refractivity contribution >= 4 is 53.1 Å². The molecular weight excluding hydrogens is 554 g/mol. The number of carbonyl (C=O) groups excluding carboxylic acids is 2.